The quantitative estimate of drug-likeness (QED) is 0.734. The smallest absolute Gasteiger partial charge is 0.321 e. The van der Waals surface area contributed by atoms with Crippen LogP contribution in [-0.4, -0.2) is 63.4 Å². The minimum atomic E-state index is -0.895. The highest BCUT2D eigenvalue weighted by molar-refractivity contribution is 6.02. The number of urea groups is 1. The van der Waals surface area contributed by atoms with Crippen LogP contribution in [0.1, 0.15) is 30.9 Å². The summed E-state index contributed by atoms with van der Waals surface area (Å²) in [6.45, 7) is 1.94. The van der Waals surface area contributed by atoms with E-state index in [1.165, 1.54) is 0 Å². The van der Waals surface area contributed by atoms with Crippen molar-refractivity contribution < 1.29 is 24.3 Å². The molecule has 4 rings (SSSR count). The highest BCUT2D eigenvalue weighted by Crippen LogP contribution is 2.41. The fourth-order valence-electron chi connectivity index (χ4n) is 4.50. The summed E-state index contributed by atoms with van der Waals surface area (Å²) in [7, 11) is 1.70. The van der Waals surface area contributed by atoms with Crippen LogP contribution < -0.4 is 5.32 Å². The Morgan fingerprint density at radius 2 is 2.07 bits per heavy atom. The molecular weight excluding hydrogens is 386 g/mol. The second kappa shape index (κ2) is 7.12. The second-order valence-corrected chi connectivity index (χ2v) is 8.12. The third kappa shape index (κ3) is 3.18. The van der Waals surface area contributed by atoms with Crippen LogP contribution in [0.15, 0.2) is 42.5 Å². The number of piperidine rings is 1. The molecule has 0 saturated carbocycles. The molecule has 4 amide bonds. The van der Waals surface area contributed by atoms with Crippen molar-refractivity contribution >= 4 is 29.4 Å². The lowest BCUT2D eigenvalue weighted by Crippen LogP contribution is -2.56. The zero-order chi connectivity index (χ0) is 21.6. The molecule has 1 aromatic rings. The highest BCUT2D eigenvalue weighted by atomic mass is 16.4. The predicted octanol–water partition coefficient (Wildman–Crippen LogP) is 1.57. The van der Waals surface area contributed by atoms with Crippen molar-refractivity contribution in [2.45, 2.75) is 43.8 Å². The minimum Gasteiger partial charge on any atom is -0.481 e. The van der Waals surface area contributed by atoms with Gasteiger partial charge in [-0.05, 0) is 36.1 Å². The first-order chi connectivity index (χ1) is 14.2. The zero-order valence-corrected chi connectivity index (χ0v) is 16.8. The fraction of sp³-hybridized carbons (Fsp3) is 0.364. The summed E-state index contributed by atoms with van der Waals surface area (Å²) in [6, 6.07) is 6.01. The van der Waals surface area contributed by atoms with Crippen molar-refractivity contribution in [2.24, 2.45) is 0 Å². The van der Waals surface area contributed by atoms with Crippen molar-refractivity contribution in [1.82, 2.24) is 15.1 Å². The Bertz CT molecular complexity index is 1010. The number of fused-ring (bicyclic) bond motifs is 1. The molecule has 2 aliphatic heterocycles. The summed E-state index contributed by atoms with van der Waals surface area (Å²) in [4.78, 5) is 51.2. The maximum atomic E-state index is 13.1. The van der Waals surface area contributed by atoms with E-state index in [4.69, 9.17) is 5.11 Å². The van der Waals surface area contributed by atoms with Gasteiger partial charge in [0.1, 0.15) is 6.04 Å². The van der Waals surface area contributed by atoms with E-state index < -0.39 is 23.5 Å². The average Bonchev–Trinajstić information content (AvgIpc) is 2.88. The number of carboxylic acids is 1. The van der Waals surface area contributed by atoms with Gasteiger partial charge in [-0.3, -0.25) is 19.7 Å². The number of likely N-dealkylation sites (N-methyl/N-ethyl adjacent to an activating group) is 1. The third-order valence-corrected chi connectivity index (χ3v) is 6.20. The fourth-order valence-corrected chi connectivity index (χ4v) is 4.50. The number of hydrogen-bond donors (Lipinski definition) is 2. The van der Waals surface area contributed by atoms with Crippen LogP contribution in [0.2, 0.25) is 0 Å². The van der Waals surface area contributed by atoms with Crippen LogP contribution in [0.25, 0.3) is 5.57 Å². The summed E-state index contributed by atoms with van der Waals surface area (Å²) in [5.41, 5.74) is 1.75. The Kier molecular flexibility index (Phi) is 4.72. The van der Waals surface area contributed by atoms with Crippen LogP contribution in [-0.2, 0) is 20.8 Å². The average molecular weight is 409 g/mol. The van der Waals surface area contributed by atoms with Crippen LogP contribution in [0.5, 0.6) is 0 Å². The van der Waals surface area contributed by atoms with Crippen LogP contribution in [0, 0.1) is 0 Å². The van der Waals surface area contributed by atoms with Gasteiger partial charge in [0.2, 0.25) is 11.8 Å². The molecule has 0 bridgehead atoms. The van der Waals surface area contributed by atoms with Gasteiger partial charge in [-0.25, -0.2) is 4.79 Å². The molecular formula is C22H23N3O5. The second-order valence-electron chi connectivity index (χ2n) is 8.12. The Labute approximate surface area is 173 Å². The molecule has 2 fully saturated rings. The molecule has 3 aliphatic rings. The number of rotatable bonds is 4. The number of carboxylic acid groups (broad SMARTS) is 1. The van der Waals surface area contributed by atoms with Gasteiger partial charge >= 0.3 is 12.0 Å². The summed E-state index contributed by atoms with van der Waals surface area (Å²) >= 11 is 0. The van der Waals surface area contributed by atoms with Gasteiger partial charge in [0.25, 0.3) is 0 Å². The number of allylic oxidation sites excluding steroid dienone is 2. The molecule has 8 heteroatoms. The molecule has 1 aliphatic carbocycles. The van der Waals surface area contributed by atoms with Crippen molar-refractivity contribution in [3.8, 4) is 0 Å². The van der Waals surface area contributed by atoms with E-state index >= 15 is 0 Å². The number of nitrogens with zero attached hydrogens (tertiary/aromatic N) is 2. The molecule has 2 N–H and O–H groups in total. The first kappa shape index (κ1) is 19.9. The topological polar surface area (TPSA) is 107 Å². The van der Waals surface area contributed by atoms with Gasteiger partial charge in [-0.2, -0.15) is 0 Å². The van der Waals surface area contributed by atoms with Crippen molar-refractivity contribution in [2.75, 3.05) is 7.05 Å². The SMILES string of the molecule is CN1C(=O)N(C2CCC(=O)NC2=O)C2C=CC(c3cccc(CC(=O)O)c3)=CC21C. The highest BCUT2D eigenvalue weighted by Gasteiger charge is 2.55. The Balaban J connectivity index is 1.67. The number of carbonyl (C=O) groups excluding carboxylic acids is 3. The first-order valence-electron chi connectivity index (χ1n) is 9.82. The number of imide groups is 1. The summed E-state index contributed by atoms with van der Waals surface area (Å²) in [5, 5.41) is 11.4. The molecule has 30 heavy (non-hydrogen) atoms. The van der Waals surface area contributed by atoms with Crippen molar-refractivity contribution in [1.29, 1.82) is 0 Å². The largest absolute Gasteiger partial charge is 0.481 e. The minimum absolute atomic E-state index is 0.0631. The van der Waals surface area contributed by atoms with E-state index in [9.17, 15) is 19.2 Å². The Morgan fingerprint density at radius 1 is 1.30 bits per heavy atom. The number of benzene rings is 1. The van der Waals surface area contributed by atoms with Gasteiger partial charge in [0.05, 0.1) is 18.0 Å². The summed E-state index contributed by atoms with van der Waals surface area (Å²) < 4.78 is 0. The Morgan fingerprint density at radius 3 is 2.77 bits per heavy atom. The van der Waals surface area contributed by atoms with Crippen LogP contribution in [0.3, 0.4) is 0 Å². The van der Waals surface area contributed by atoms with Gasteiger partial charge < -0.3 is 14.9 Å². The van der Waals surface area contributed by atoms with E-state index in [0.29, 0.717) is 12.0 Å². The zero-order valence-electron chi connectivity index (χ0n) is 16.8. The molecule has 156 valence electrons. The number of amides is 4. The summed E-state index contributed by atoms with van der Waals surface area (Å²) in [6.07, 6.45) is 6.24. The van der Waals surface area contributed by atoms with E-state index in [1.54, 1.807) is 22.9 Å². The van der Waals surface area contributed by atoms with Crippen LogP contribution in [0.4, 0.5) is 4.79 Å². The van der Waals surface area contributed by atoms with Crippen molar-refractivity contribution in [3.05, 3.63) is 53.6 Å². The lowest BCUT2D eigenvalue weighted by molar-refractivity contribution is -0.137. The first-order valence-corrected chi connectivity index (χ1v) is 9.82. The normalized spacial score (nSPS) is 28.3. The third-order valence-electron chi connectivity index (χ3n) is 6.20. The van der Waals surface area contributed by atoms with E-state index in [2.05, 4.69) is 5.32 Å². The molecule has 3 atom stereocenters. The molecule has 0 aromatic heterocycles. The van der Waals surface area contributed by atoms with Gasteiger partial charge in [-0.15, -0.1) is 0 Å². The van der Waals surface area contributed by atoms with E-state index in [0.717, 1.165) is 11.1 Å². The lowest BCUT2D eigenvalue weighted by Gasteiger charge is -2.38. The van der Waals surface area contributed by atoms with Gasteiger partial charge in [0, 0.05) is 13.5 Å². The monoisotopic (exact) mass is 409 g/mol. The standard InChI is InChI=1S/C22H23N3O5/c1-22-12-15(14-5-3-4-13(10-14)11-19(27)28)6-8-17(22)25(21(30)24(22)2)16-7-9-18(26)23-20(16)29/h3-6,8,10,12,16-17H,7,9,11H2,1-2H3,(H,27,28)(H,23,26,29). The molecule has 3 unspecified atom stereocenters. The molecule has 2 saturated heterocycles. The maximum Gasteiger partial charge on any atom is 0.321 e. The number of hydrogen-bond acceptors (Lipinski definition) is 4. The lowest BCUT2D eigenvalue weighted by atomic mass is 9.82. The number of nitrogens with one attached hydrogen (secondary N) is 1. The summed E-state index contributed by atoms with van der Waals surface area (Å²) in [5.74, 6) is -1.66. The molecule has 2 heterocycles. The van der Waals surface area contributed by atoms with Crippen LogP contribution >= 0.6 is 0 Å². The predicted molar refractivity (Wildman–Crippen MR) is 108 cm³/mol. The molecule has 0 radical (unpaired) electrons. The maximum absolute atomic E-state index is 13.1. The number of carbonyl (C=O) groups is 4. The Hall–Kier alpha value is -3.42. The van der Waals surface area contributed by atoms with Crippen molar-refractivity contribution in [3.63, 3.8) is 0 Å². The molecule has 1 aromatic carbocycles. The van der Waals surface area contributed by atoms with Gasteiger partial charge in [-0.1, -0.05) is 36.4 Å². The number of aliphatic carboxylic acids is 1. The van der Waals surface area contributed by atoms with E-state index in [1.807, 2.05) is 43.4 Å². The molecule has 8 nitrogen and oxygen atoms in total. The van der Waals surface area contributed by atoms with E-state index in [-0.39, 0.29) is 30.8 Å². The van der Waals surface area contributed by atoms with Gasteiger partial charge in [0.15, 0.2) is 0 Å². The molecule has 0 spiro atoms.